The molecular weight excluding hydrogens is 186 g/mol. The molecule has 1 N–H and O–H groups in total. The van der Waals surface area contributed by atoms with Crippen molar-refractivity contribution in [3.05, 3.63) is 0 Å². The monoisotopic (exact) mass is 203 g/mol. The lowest BCUT2D eigenvalue weighted by Crippen LogP contribution is -2.31. The van der Waals surface area contributed by atoms with Crippen molar-refractivity contribution in [1.29, 1.82) is 0 Å². The lowest BCUT2D eigenvalue weighted by molar-refractivity contribution is 0.346. The number of hydrogen-bond acceptors (Lipinski definition) is 3. The molecule has 3 nitrogen and oxygen atoms in total. The quantitative estimate of drug-likeness (QED) is 0.729. The predicted molar refractivity (Wildman–Crippen MR) is 52.4 cm³/mol. The Balaban J connectivity index is 1.93. The highest BCUT2D eigenvalue weighted by molar-refractivity contribution is 7.92. The van der Waals surface area contributed by atoms with Gasteiger partial charge in [0, 0.05) is 6.54 Å². The van der Waals surface area contributed by atoms with Crippen LogP contribution in [0.15, 0.2) is 0 Å². The Morgan fingerprint density at radius 1 is 1.23 bits per heavy atom. The SMILES string of the molecule is O=S(=O)(CC1CCC1)C1CCNC1. The summed E-state index contributed by atoms with van der Waals surface area (Å²) >= 11 is 0. The highest BCUT2D eigenvalue weighted by Crippen LogP contribution is 2.29. The molecule has 4 heteroatoms. The van der Waals surface area contributed by atoms with E-state index < -0.39 is 9.84 Å². The Bertz CT molecular complexity index is 263. The third-order valence-electron chi connectivity index (χ3n) is 3.22. The van der Waals surface area contributed by atoms with Gasteiger partial charge in [-0.1, -0.05) is 6.42 Å². The molecule has 2 fully saturated rings. The standard InChI is InChI=1S/C9H17NO2S/c11-13(12,7-8-2-1-3-8)9-4-5-10-6-9/h8-10H,1-7H2. The summed E-state index contributed by atoms with van der Waals surface area (Å²) in [5.41, 5.74) is 0. The maximum Gasteiger partial charge on any atom is 0.154 e. The first-order chi connectivity index (χ1) is 6.18. The molecule has 1 saturated carbocycles. The molecule has 2 rings (SSSR count). The van der Waals surface area contributed by atoms with Gasteiger partial charge in [0.15, 0.2) is 9.84 Å². The van der Waals surface area contributed by atoms with Crippen LogP contribution in [0.3, 0.4) is 0 Å². The molecule has 1 unspecified atom stereocenters. The minimum absolute atomic E-state index is 0.0897. The van der Waals surface area contributed by atoms with Crippen LogP contribution in [-0.2, 0) is 9.84 Å². The Labute approximate surface area is 79.8 Å². The van der Waals surface area contributed by atoms with Crippen LogP contribution in [0.5, 0.6) is 0 Å². The molecule has 0 aromatic heterocycles. The van der Waals surface area contributed by atoms with Crippen LogP contribution in [0.2, 0.25) is 0 Å². The van der Waals surface area contributed by atoms with Crippen LogP contribution < -0.4 is 5.32 Å². The Kier molecular flexibility index (Phi) is 2.60. The maximum atomic E-state index is 11.8. The van der Waals surface area contributed by atoms with Crippen molar-refractivity contribution in [2.75, 3.05) is 18.8 Å². The van der Waals surface area contributed by atoms with Gasteiger partial charge in [0.25, 0.3) is 0 Å². The summed E-state index contributed by atoms with van der Waals surface area (Å²) in [6.45, 7) is 1.55. The fourth-order valence-corrected chi connectivity index (χ4v) is 4.17. The molecule has 0 aromatic carbocycles. The van der Waals surface area contributed by atoms with E-state index in [0.717, 1.165) is 25.8 Å². The average molecular weight is 203 g/mol. The molecule has 76 valence electrons. The summed E-state index contributed by atoms with van der Waals surface area (Å²) in [5, 5.41) is 3.02. The molecule has 1 aliphatic heterocycles. The smallest absolute Gasteiger partial charge is 0.154 e. The van der Waals surface area contributed by atoms with E-state index in [1.165, 1.54) is 6.42 Å². The van der Waals surface area contributed by atoms with E-state index >= 15 is 0 Å². The van der Waals surface area contributed by atoms with Gasteiger partial charge in [-0.05, 0) is 31.7 Å². The fraction of sp³-hybridized carbons (Fsp3) is 1.00. The predicted octanol–water partition coefficient (Wildman–Crippen LogP) is 0.563. The van der Waals surface area contributed by atoms with Crippen LogP contribution in [0.1, 0.15) is 25.7 Å². The number of rotatable bonds is 3. The maximum absolute atomic E-state index is 11.8. The van der Waals surface area contributed by atoms with Crippen molar-refractivity contribution in [2.45, 2.75) is 30.9 Å². The molecule has 0 bridgehead atoms. The van der Waals surface area contributed by atoms with Crippen LogP contribution in [0.4, 0.5) is 0 Å². The van der Waals surface area contributed by atoms with E-state index in [9.17, 15) is 8.42 Å². The molecule has 2 aliphatic rings. The molecule has 1 saturated heterocycles. The normalized spacial score (nSPS) is 30.3. The molecule has 0 aromatic rings. The summed E-state index contributed by atoms with van der Waals surface area (Å²) in [6, 6.07) is 0. The molecule has 1 aliphatic carbocycles. The van der Waals surface area contributed by atoms with Crippen molar-refractivity contribution < 1.29 is 8.42 Å². The second-order valence-corrected chi connectivity index (χ2v) is 6.57. The van der Waals surface area contributed by atoms with Gasteiger partial charge in [0.1, 0.15) is 0 Å². The summed E-state index contributed by atoms with van der Waals surface area (Å²) in [7, 11) is -2.78. The first-order valence-corrected chi connectivity index (χ1v) is 6.82. The summed E-state index contributed by atoms with van der Waals surface area (Å²) in [6.07, 6.45) is 4.29. The van der Waals surface area contributed by atoms with E-state index in [4.69, 9.17) is 0 Å². The van der Waals surface area contributed by atoms with E-state index in [2.05, 4.69) is 5.32 Å². The minimum Gasteiger partial charge on any atom is -0.315 e. The molecule has 0 radical (unpaired) electrons. The number of hydrogen-bond donors (Lipinski definition) is 1. The van der Waals surface area contributed by atoms with Gasteiger partial charge in [-0.2, -0.15) is 0 Å². The Morgan fingerprint density at radius 2 is 2.00 bits per heavy atom. The van der Waals surface area contributed by atoms with Crippen LogP contribution in [0, 0.1) is 5.92 Å². The van der Waals surface area contributed by atoms with Crippen LogP contribution in [0.25, 0.3) is 0 Å². The van der Waals surface area contributed by atoms with Gasteiger partial charge in [-0.25, -0.2) is 8.42 Å². The summed E-state index contributed by atoms with van der Waals surface area (Å²) in [4.78, 5) is 0. The summed E-state index contributed by atoms with van der Waals surface area (Å²) in [5.74, 6) is 0.921. The first kappa shape index (κ1) is 9.46. The highest BCUT2D eigenvalue weighted by Gasteiger charge is 2.32. The van der Waals surface area contributed by atoms with Crippen LogP contribution in [-0.4, -0.2) is 32.5 Å². The van der Waals surface area contributed by atoms with Gasteiger partial charge < -0.3 is 5.32 Å². The van der Waals surface area contributed by atoms with Crippen LogP contribution >= 0.6 is 0 Å². The molecule has 1 heterocycles. The fourth-order valence-electron chi connectivity index (χ4n) is 2.06. The van der Waals surface area contributed by atoms with E-state index in [1.54, 1.807) is 0 Å². The van der Waals surface area contributed by atoms with Crippen molar-refractivity contribution >= 4 is 9.84 Å². The zero-order valence-corrected chi connectivity index (χ0v) is 8.65. The minimum atomic E-state index is -2.78. The first-order valence-electron chi connectivity index (χ1n) is 5.11. The summed E-state index contributed by atoms with van der Waals surface area (Å²) < 4.78 is 23.6. The van der Waals surface area contributed by atoms with Crippen molar-refractivity contribution in [2.24, 2.45) is 5.92 Å². The topological polar surface area (TPSA) is 46.2 Å². The highest BCUT2D eigenvalue weighted by atomic mass is 32.2. The van der Waals surface area contributed by atoms with E-state index in [-0.39, 0.29) is 5.25 Å². The van der Waals surface area contributed by atoms with Gasteiger partial charge in [-0.3, -0.25) is 0 Å². The second kappa shape index (κ2) is 3.58. The number of nitrogens with one attached hydrogen (secondary N) is 1. The third kappa shape index (κ3) is 2.05. The average Bonchev–Trinajstić information content (AvgIpc) is 2.49. The second-order valence-electron chi connectivity index (χ2n) is 4.24. The lowest BCUT2D eigenvalue weighted by atomic mass is 9.87. The molecule has 1 atom stereocenters. The van der Waals surface area contributed by atoms with Gasteiger partial charge in [0.05, 0.1) is 11.0 Å². The zero-order chi connectivity index (χ0) is 9.31. The largest absolute Gasteiger partial charge is 0.315 e. The molecule has 0 amide bonds. The van der Waals surface area contributed by atoms with Crippen molar-refractivity contribution in [3.8, 4) is 0 Å². The number of sulfone groups is 1. The van der Waals surface area contributed by atoms with Crippen molar-refractivity contribution in [3.63, 3.8) is 0 Å². The zero-order valence-electron chi connectivity index (χ0n) is 7.83. The van der Waals surface area contributed by atoms with E-state index in [1.807, 2.05) is 0 Å². The third-order valence-corrected chi connectivity index (χ3v) is 5.57. The van der Waals surface area contributed by atoms with Gasteiger partial charge in [-0.15, -0.1) is 0 Å². The Morgan fingerprint density at radius 3 is 2.46 bits per heavy atom. The molecule has 13 heavy (non-hydrogen) atoms. The lowest BCUT2D eigenvalue weighted by Gasteiger charge is -2.26. The van der Waals surface area contributed by atoms with E-state index in [0.29, 0.717) is 18.2 Å². The Hall–Kier alpha value is -0.0900. The van der Waals surface area contributed by atoms with Crippen molar-refractivity contribution in [1.82, 2.24) is 5.32 Å². The van der Waals surface area contributed by atoms with Gasteiger partial charge in [0.2, 0.25) is 0 Å². The molecular formula is C9H17NO2S. The molecule has 0 spiro atoms. The van der Waals surface area contributed by atoms with Gasteiger partial charge >= 0.3 is 0 Å².